The number of carboxylic acids is 1. The first-order chi connectivity index (χ1) is 15.7. The van der Waals surface area contributed by atoms with Crippen molar-refractivity contribution in [3.63, 3.8) is 0 Å². The van der Waals surface area contributed by atoms with Gasteiger partial charge in [0.25, 0.3) is 5.56 Å². The number of carbonyl (C=O) groups is 1. The quantitative estimate of drug-likeness (QED) is 0.426. The highest BCUT2D eigenvalue weighted by Crippen LogP contribution is 2.30. The van der Waals surface area contributed by atoms with Gasteiger partial charge in [-0.05, 0) is 36.2 Å². The SMILES string of the molecule is CCCCCNc1nc(-c2ccc(C(F)(F)F)cc2)cc(=O)n1Cc1cccc(C(=O)O)c1. The third-order valence-corrected chi connectivity index (χ3v) is 5.09. The van der Waals surface area contributed by atoms with E-state index in [1.165, 1.54) is 34.9 Å². The van der Waals surface area contributed by atoms with E-state index in [1.807, 2.05) is 0 Å². The number of aromatic carboxylic acids is 1. The van der Waals surface area contributed by atoms with E-state index in [4.69, 9.17) is 0 Å². The summed E-state index contributed by atoms with van der Waals surface area (Å²) in [5, 5.41) is 12.4. The second-order valence-electron chi connectivity index (χ2n) is 7.60. The van der Waals surface area contributed by atoms with Gasteiger partial charge in [0.1, 0.15) is 0 Å². The van der Waals surface area contributed by atoms with Crippen molar-refractivity contribution in [2.24, 2.45) is 0 Å². The second kappa shape index (κ2) is 10.3. The number of rotatable bonds is 9. The van der Waals surface area contributed by atoms with E-state index in [0.717, 1.165) is 31.4 Å². The summed E-state index contributed by atoms with van der Waals surface area (Å²) in [6, 6.07) is 12.0. The standard InChI is InChI=1S/C24H24F3N3O3/c1-2-3-4-12-28-23-29-20(17-8-10-19(11-9-17)24(25,26)27)14-21(31)30(23)15-16-6-5-7-18(13-16)22(32)33/h5-11,13-14H,2-4,12,15H2,1H3,(H,28,29)(H,32,33). The molecule has 0 radical (unpaired) electrons. The Balaban J connectivity index is 1.98. The molecule has 0 fully saturated rings. The highest BCUT2D eigenvalue weighted by molar-refractivity contribution is 5.87. The molecule has 1 heterocycles. The van der Waals surface area contributed by atoms with Gasteiger partial charge in [0.2, 0.25) is 5.95 Å². The van der Waals surface area contributed by atoms with Gasteiger partial charge in [0.05, 0.1) is 23.4 Å². The first kappa shape index (κ1) is 24.0. The van der Waals surface area contributed by atoms with Crippen LogP contribution in [0.25, 0.3) is 11.3 Å². The molecule has 0 aliphatic carbocycles. The van der Waals surface area contributed by atoms with Crippen LogP contribution >= 0.6 is 0 Å². The van der Waals surface area contributed by atoms with E-state index in [0.29, 0.717) is 17.7 Å². The summed E-state index contributed by atoms with van der Waals surface area (Å²) in [7, 11) is 0. The van der Waals surface area contributed by atoms with E-state index >= 15 is 0 Å². The third kappa shape index (κ3) is 6.21. The lowest BCUT2D eigenvalue weighted by molar-refractivity contribution is -0.137. The largest absolute Gasteiger partial charge is 0.478 e. The van der Waals surface area contributed by atoms with Crippen LogP contribution in [0.2, 0.25) is 0 Å². The van der Waals surface area contributed by atoms with Crippen LogP contribution in [0.15, 0.2) is 59.4 Å². The molecule has 0 saturated carbocycles. The van der Waals surface area contributed by atoms with Gasteiger partial charge in [0.15, 0.2) is 0 Å². The molecule has 0 spiro atoms. The number of benzene rings is 2. The lowest BCUT2D eigenvalue weighted by Gasteiger charge is -2.16. The maximum Gasteiger partial charge on any atom is 0.416 e. The second-order valence-corrected chi connectivity index (χ2v) is 7.60. The zero-order valence-corrected chi connectivity index (χ0v) is 18.0. The zero-order valence-electron chi connectivity index (χ0n) is 18.0. The number of nitrogens with zero attached hydrogens (tertiary/aromatic N) is 2. The maximum atomic E-state index is 13.0. The molecule has 1 aromatic heterocycles. The molecule has 0 bridgehead atoms. The fraction of sp³-hybridized carbons (Fsp3) is 0.292. The van der Waals surface area contributed by atoms with E-state index in [2.05, 4.69) is 17.2 Å². The topological polar surface area (TPSA) is 84.2 Å². The van der Waals surface area contributed by atoms with Crippen LogP contribution < -0.4 is 10.9 Å². The Bertz CT molecular complexity index is 1170. The molecule has 0 atom stereocenters. The molecule has 9 heteroatoms. The fourth-order valence-corrected chi connectivity index (χ4v) is 3.33. The third-order valence-electron chi connectivity index (χ3n) is 5.09. The van der Waals surface area contributed by atoms with Gasteiger partial charge in [-0.1, -0.05) is 44.0 Å². The van der Waals surface area contributed by atoms with Crippen LogP contribution in [0.1, 0.15) is 47.7 Å². The molecule has 2 aromatic carbocycles. The lowest BCUT2D eigenvalue weighted by atomic mass is 10.1. The van der Waals surface area contributed by atoms with E-state index in [-0.39, 0.29) is 23.8 Å². The average molecular weight is 459 g/mol. The number of halogens is 3. The first-order valence-corrected chi connectivity index (χ1v) is 10.5. The number of aromatic nitrogens is 2. The van der Waals surface area contributed by atoms with Gasteiger partial charge < -0.3 is 10.4 Å². The molecule has 0 saturated heterocycles. The molecule has 3 aromatic rings. The minimum atomic E-state index is -4.45. The number of unbranched alkanes of at least 4 members (excludes halogenated alkanes) is 2. The Morgan fingerprint density at radius 2 is 1.82 bits per heavy atom. The van der Waals surface area contributed by atoms with E-state index < -0.39 is 23.3 Å². The molecule has 2 N–H and O–H groups in total. The van der Waals surface area contributed by atoms with Crippen LogP contribution in [-0.2, 0) is 12.7 Å². The summed E-state index contributed by atoms with van der Waals surface area (Å²) in [6.45, 7) is 2.72. The van der Waals surface area contributed by atoms with Crippen LogP contribution in [0.4, 0.5) is 19.1 Å². The molecule has 3 rings (SSSR count). The molecule has 33 heavy (non-hydrogen) atoms. The molecular weight excluding hydrogens is 435 g/mol. The fourth-order valence-electron chi connectivity index (χ4n) is 3.33. The number of hydrogen-bond acceptors (Lipinski definition) is 4. The number of nitrogens with one attached hydrogen (secondary N) is 1. The first-order valence-electron chi connectivity index (χ1n) is 10.5. The predicted octanol–water partition coefficient (Wildman–Crippen LogP) is 5.28. The van der Waals surface area contributed by atoms with Gasteiger partial charge in [-0.3, -0.25) is 9.36 Å². The van der Waals surface area contributed by atoms with E-state index in [9.17, 15) is 27.9 Å². The van der Waals surface area contributed by atoms with Crippen molar-refractivity contribution in [2.45, 2.75) is 38.9 Å². The molecule has 0 amide bonds. The Hall–Kier alpha value is -3.62. The molecule has 6 nitrogen and oxygen atoms in total. The van der Waals surface area contributed by atoms with Crippen LogP contribution in [0.5, 0.6) is 0 Å². The summed E-state index contributed by atoms with van der Waals surface area (Å²) in [5.74, 6) is -0.799. The Labute approximate surface area is 188 Å². The summed E-state index contributed by atoms with van der Waals surface area (Å²) < 4.78 is 40.0. The average Bonchev–Trinajstić information content (AvgIpc) is 2.78. The predicted molar refractivity (Wildman–Crippen MR) is 119 cm³/mol. The van der Waals surface area contributed by atoms with Crippen LogP contribution in [0, 0.1) is 0 Å². The van der Waals surface area contributed by atoms with Gasteiger partial charge >= 0.3 is 12.1 Å². The Morgan fingerprint density at radius 1 is 1.09 bits per heavy atom. The number of carboxylic acid groups (broad SMARTS) is 1. The summed E-state index contributed by atoms with van der Waals surface area (Å²) >= 11 is 0. The summed E-state index contributed by atoms with van der Waals surface area (Å²) in [6.07, 6.45) is -1.61. The summed E-state index contributed by atoms with van der Waals surface area (Å²) in [4.78, 5) is 28.7. The highest BCUT2D eigenvalue weighted by Gasteiger charge is 2.30. The molecule has 174 valence electrons. The highest BCUT2D eigenvalue weighted by atomic mass is 19.4. The molecule has 0 aliphatic rings. The van der Waals surface area contributed by atoms with Crippen LogP contribution in [0.3, 0.4) is 0 Å². The summed E-state index contributed by atoms with van der Waals surface area (Å²) in [5.41, 5.74) is 0.165. The lowest BCUT2D eigenvalue weighted by Crippen LogP contribution is -2.25. The normalized spacial score (nSPS) is 11.4. The monoisotopic (exact) mass is 459 g/mol. The molecule has 0 unspecified atom stereocenters. The van der Waals surface area contributed by atoms with E-state index in [1.54, 1.807) is 12.1 Å². The van der Waals surface area contributed by atoms with Crippen molar-refractivity contribution in [3.05, 3.63) is 81.6 Å². The minimum absolute atomic E-state index is 0.0936. The van der Waals surface area contributed by atoms with Gasteiger partial charge in [-0.15, -0.1) is 0 Å². The smallest absolute Gasteiger partial charge is 0.416 e. The van der Waals surface area contributed by atoms with Crippen molar-refractivity contribution >= 4 is 11.9 Å². The van der Waals surface area contributed by atoms with Gasteiger partial charge in [0, 0.05) is 18.2 Å². The van der Waals surface area contributed by atoms with Crippen molar-refractivity contribution in [1.82, 2.24) is 9.55 Å². The van der Waals surface area contributed by atoms with Crippen LogP contribution in [-0.4, -0.2) is 27.2 Å². The number of anilines is 1. The molecular formula is C24H24F3N3O3. The number of hydrogen-bond donors (Lipinski definition) is 2. The van der Waals surface area contributed by atoms with Crippen molar-refractivity contribution in [2.75, 3.05) is 11.9 Å². The van der Waals surface area contributed by atoms with Crippen molar-refractivity contribution in [3.8, 4) is 11.3 Å². The molecule has 0 aliphatic heterocycles. The minimum Gasteiger partial charge on any atom is -0.478 e. The number of alkyl halides is 3. The zero-order chi connectivity index (χ0) is 24.0. The maximum absolute atomic E-state index is 13.0. The Morgan fingerprint density at radius 3 is 2.45 bits per heavy atom. The van der Waals surface area contributed by atoms with Gasteiger partial charge in [-0.2, -0.15) is 13.2 Å². The Kier molecular flexibility index (Phi) is 7.52. The van der Waals surface area contributed by atoms with Crippen molar-refractivity contribution < 1.29 is 23.1 Å². The van der Waals surface area contributed by atoms with Gasteiger partial charge in [-0.25, -0.2) is 9.78 Å². The van der Waals surface area contributed by atoms with Crippen molar-refractivity contribution in [1.29, 1.82) is 0 Å².